The van der Waals surface area contributed by atoms with E-state index in [1.807, 2.05) is 0 Å². The van der Waals surface area contributed by atoms with Crippen molar-refractivity contribution in [2.24, 2.45) is 5.92 Å². The molecule has 0 fully saturated rings. The van der Waals surface area contributed by atoms with E-state index in [1.165, 1.54) is 109 Å². The number of rotatable bonds is 36. The molecule has 0 aromatic heterocycles. The third-order valence-electron chi connectivity index (χ3n) is 9.47. The van der Waals surface area contributed by atoms with Crippen LogP contribution in [0, 0.1) is 5.92 Å². The number of aliphatic hydroxyl groups excluding tert-OH is 3. The van der Waals surface area contributed by atoms with Gasteiger partial charge in [0.1, 0.15) is 17.8 Å². The first-order valence-corrected chi connectivity index (χ1v) is 20.9. The van der Waals surface area contributed by atoms with Gasteiger partial charge >= 0.3 is 13.1 Å². The molecule has 0 aliphatic carbocycles. The van der Waals surface area contributed by atoms with Gasteiger partial charge in [0.05, 0.1) is 13.2 Å². The van der Waals surface area contributed by atoms with Crippen LogP contribution < -0.4 is 0 Å². The molecule has 46 heavy (non-hydrogen) atoms. The minimum atomic E-state index is -2.80. The van der Waals surface area contributed by atoms with Crippen LogP contribution in [0.3, 0.4) is 0 Å². The number of hydrogen-bond acceptors (Lipinski definition) is 7. The molecule has 0 spiro atoms. The van der Waals surface area contributed by atoms with E-state index in [9.17, 15) is 34.6 Å². The molecule has 4 unspecified atom stereocenters. The maximum Gasteiger partial charge on any atom is 0.385 e. The lowest BCUT2D eigenvalue weighted by molar-refractivity contribution is -0.143. The van der Waals surface area contributed by atoms with Crippen LogP contribution in [0.1, 0.15) is 194 Å². The highest BCUT2D eigenvalue weighted by Gasteiger charge is 2.61. The predicted octanol–water partition coefficient (Wildman–Crippen LogP) is 9.56. The second kappa shape index (κ2) is 31.5. The maximum atomic E-state index is 13.3. The standard InChI is InChI=1S/C38H74O7P/c1-3-5-7-9-11-13-15-17-19-21-23-25-27-29-36(42)35(32-40)38(44,46(45)33-34(41)31-39)37(43)30-28-26-24-22-20-18-16-14-12-10-8-6-4-2/h34-35,39-41,44H,3-33H2,1-2H3/q+1. The predicted molar refractivity (Wildman–Crippen MR) is 192 cm³/mol. The Morgan fingerprint density at radius 1 is 0.543 bits per heavy atom. The zero-order valence-electron chi connectivity index (χ0n) is 30.0. The molecule has 0 amide bonds. The molecule has 0 radical (unpaired) electrons. The largest absolute Gasteiger partial charge is 0.395 e. The summed E-state index contributed by atoms with van der Waals surface area (Å²) in [6.45, 7) is 3.02. The van der Waals surface area contributed by atoms with Gasteiger partial charge < -0.3 is 20.4 Å². The average molecular weight is 674 g/mol. The summed E-state index contributed by atoms with van der Waals surface area (Å²) in [5, 5.41) is 38.3. The van der Waals surface area contributed by atoms with E-state index in [2.05, 4.69) is 13.8 Å². The van der Waals surface area contributed by atoms with Gasteiger partial charge in [-0.2, -0.15) is 0 Å². The Bertz CT molecular complexity index is 747. The fourth-order valence-corrected chi connectivity index (χ4v) is 8.07. The average Bonchev–Trinajstić information content (AvgIpc) is 3.05. The lowest BCUT2D eigenvalue weighted by Crippen LogP contribution is -2.49. The summed E-state index contributed by atoms with van der Waals surface area (Å²) >= 11 is 0. The number of carbonyl (C=O) groups is 2. The van der Waals surface area contributed by atoms with Gasteiger partial charge in [0, 0.05) is 12.8 Å². The molecule has 0 rings (SSSR count). The number of hydrogen-bond donors (Lipinski definition) is 4. The van der Waals surface area contributed by atoms with Crippen molar-refractivity contribution in [3.8, 4) is 0 Å². The summed E-state index contributed by atoms with van der Waals surface area (Å²) in [6, 6.07) is 0. The van der Waals surface area contributed by atoms with Crippen molar-refractivity contribution in [3.63, 3.8) is 0 Å². The zero-order chi connectivity index (χ0) is 34.3. The van der Waals surface area contributed by atoms with Crippen molar-refractivity contribution in [3.05, 3.63) is 0 Å². The number of unbranched alkanes of at least 4 members (excludes halogenated alkanes) is 24. The molecule has 0 aromatic carbocycles. The summed E-state index contributed by atoms with van der Waals surface area (Å²) < 4.78 is 13.2. The van der Waals surface area contributed by atoms with Crippen LogP contribution in [0.25, 0.3) is 0 Å². The minimum Gasteiger partial charge on any atom is -0.395 e. The van der Waals surface area contributed by atoms with Crippen LogP contribution in [0.2, 0.25) is 0 Å². The molecule has 272 valence electrons. The van der Waals surface area contributed by atoms with Crippen LogP contribution in [-0.2, 0) is 14.2 Å². The molecule has 0 bridgehead atoms. The number of aliphatic hydroxyl groups is 4. The van der Waals surface area contributed by atoms with Gasteiger partial charge in [0.25, 0.3) is 0 Å². The van der Waals surface area contributed by atoms with E-state index >= 15 is 0 Å². The minimum absolute atomic E-state index is 0.0346. The Kier molecular flexibility index (Phi) is 31.0. The lowest BCUT2D eigenvalue weighted by Gasteiger charge is -2.25. The molecule has 0 aliphatic heterocycles. The van der Waals surface area contributed by atoms with Crippen molar-refractivity contribution < 1.29 is 34.6 Å². The van der Waals surface area contributed by atoms with E-state index in [1.54, 1.807) is 0 Å². The van der Waals surface area contributed by atoms with Crippen LogP contribution >= 0.6 is 7.80 Å². The van der Waals surface area contributed by atoms with E-state index in [-0.39, 0.29) is 12.8 Å². The van der Waals surface area contributed by atoms with Crippen molar-refractivity contribution in [2.45, 2.75) is 205 Å². The van der Waals surface area contributed by atoms with E-state index in [0.717, 1.165) is 44.9 Å². The third kappa shape index (κ3) is 22.0. The van der Waals surface area contributed by atoms with Gasteiger partial charge in [-0.15, -0.1) is 0 Å². The maximum absolute atomic E-state index is 13.3. The Morgan fingerprint density at radius 3 is 1.20 bits per heavy atom. The normalized spacial score (nSPS) is 14.6. The second-order valence-electron chi connectivity index (χ2n) is 13.7. The first-order valence-electron chi connectivity index (χ1n) is 19.4. The summed E-state index contributed by atoms with van der Waals surface area (Å²) in [6.07, 6.45) is 28.3. The zero-order valence-corrected chi connectivity index (χ0v) is 30.9. The van der Waals surface area contributed by atoms with Gasteiger partial charge in [-0.1, -0.05) is 173 Å². The monoisotopic (exact) mass is 674 g/mol. The van der Waals surface area contributed by atoms with Crippen LogP contribution in [0.15, 0.2) is 0 Å². The highest BCUT2D eigenvalue weighted by atomic mass is 31.1. The second-order valence-corrected chi connectivity index (χ2v) is 15.5. The lowest BCUT2D eigenvalue weighted by atomic mass is 9.89. The highest BCUT2D eigenvalue weighted by Crippen LogP contribution is 2.45. The highest BCUT2D eigenvalue weighted by molar-refractivity contribution is 7.47. The van der Waals surface area contributed by atoms with Crippen molar-refractivity contribution in [1.82, 2.24) is 0 Å². The molecule has 4 atom stereocenters. The van der Waals surface area contributed by atoms with Crippen LogP contribution in [-0.4, -0.2) is 62.8 Å². The summed E-state index contributed by atoms with van der Waals surface area (Å²) in [7, 11) is -2.80. The quantitative estimate of drug-likeness (QED) is 0.0385. The molecule has 8 heteroatoms. The number of Topliss-reactive ketones (excluding diaryl/α,β-unsaturated/α-hetero) is 2. The summed E-state index contributed by atoms with van der Waals surface area (Å²) in [4.78, 5) is 26.5. The number of ketones is 2. The molecule has 4 N–H and O–H groups in total. The van der Waals surface area contributed by atoms with E-state index < -0.39 is 56.1 Å². The van der Waals surface area contributed by atoms with Gasteiger partial charge in [0.2, 0.25) is 5.78 Å². The van der Waals surface area contributed by atoms with E-state index in [4.69, 9.17) is 0 Å². The molecular formula is C38H74O7P+. The molecule has 0 heterocycles. The van der Waals surface area contributed by atoms with Crippen molar-refractivity contribution >= 4 is 19.4 Å². The molecule has 0 saturated carbocycles. The van der Waals surface area contributed by atoms with Gasteiger partial charge in [0.15, 0.2) is 6.16 Å². The van der Waals surface area contributed by atoms with Gasteiger partial charge in [-0.3, -0.25) is 9.59 Å². The Hall–Kier alpha value is -0.720. The molecule has 0 saturated heterocycles. The van der Waals surface area contributed by atoms with Gasteiger partial charge in [-0.25, -0.2) is 0 Å². The van der Waals surface area contributed by atoms with Crippen LogP contribution in [0.5, 0.6) is 0 Å². The SMILES string of the molecule is CCCCCCCCCCCCCCCC(=O)C(CO)C(O)(C(=O)CCCCCCCCCCCCCCC)[P+](=O)CC(O)CO. The summed E-state index contributed by atoms with van der Waals surface area (Å²) in [5.41, 5.74) is 0. The molecule has 0 aromatic rings. The molecule has 7 nitrogen and oxygen atoms in total. The Morgan fingerprint density at radius 2 is 0.870 bits per heavy atom. The molecular weight excluding hydrogens is 599 g/mol. The summed E-state index contributed by atoms with van der Waals surface area (Å²) in [5.74, 6) is -2.66. The fraction of sp³-hybridized carbons (Fsp3) is 0.947. The number of carbonyl (C=O) groups excluding carboxylic acids is 2. The topological polar surface area (TPSA) is 132 Å². The first-order chi connectivity index (χ1) is 22.3. The first kappa shape index (κ1) is 45.3. The Labute approximate surface area is 283 Å². The van der Waals surface area contributed by atoms with Gasteiger partial charge in [-0.05, 0) is 12.8 Å². The van der Waals surface area contributed by atoms with Crippen molar-refractivity contribution in [1.29, 1.82) is 0 Å². The van der Waals surface area contributed by atoms with E-state index in [0.29, 0.717) is 12.8 Å². The smallest absolute Gasteiger partial charge is 0.385 e. The third-order valence-corrected chi connectivity index (χ3v) is 11.5. The van der Waals surface area contributed by atoms with Crippen LogP contribution in [0.4, 0.5) is 0 Å². The Balaban J connectivity index is 4.59. The fourth-order valence-electron chi connectivity index (χ4n) is 6.33. The van der Waals surface area contributed by atoms with Crippen molar-refractivity contribution in [2.75, 3.05) is 19.4 Å². The molecule has 0 aliphatic rings.